The van der Waals surface area contributed by atoms with Crippen molar-refractivity contribution in [2.24, 2.45) is 4.99 Å². The molecule has 1 aliphatic carbocycles. The molecule has 5 nitrogen and oxygen atoms in total. The fourth-order valence-corrected chi connectivity index (χ4v) is 4.10. The summed E-state index contributed by atoms with van der Waals surface area (Å²) in [5, 5.41) is 0. The number of imide groups is 1. The first-order valence-electron chi connectivity index (χ1n) is 9.74. The van der Waals surface area contributed by atoms with Gasteiger partial charge in [-0.15, -0.1) is 0 Å². The second-order valence-corrected chi connectivity index (χ2v) is 7.54. The number of amides is 2. The fourth-order valence-electron chi connectivity index (χ4n) is 4.10. The van der Waals surface area contributed by atoms with Gasteiger partial charge in [0.05, 0.1) is 7.11 Å². The normalized spacial score (nSPS) is 18.3. The minimum absolute atomic E-state index is 0.265. The summed E-state index contributed by atoms with van der Waals surface area (Å²) in [6, 6.07) is 14.6. The highest BCUT2D eigenvalue weighted by atomic mass is 16.5. The van der Waals surface area contributed by atoms with E-state index in [0.29, 0.717) is 11.3 Å². The highest BCUT2D eigenvalue weighted by Gasteiger charge is 2.51. The summed E-state index contributed by atoms with van der Waals surface area (Å²) in [6.07, 6.45) is 4.47. The van der Waals surface area contributed by atoms with E-state index in [-0.39, 0.29) is 11.8 Å². The topological polar surface area (TPSA) is 59.0 Å². The molecule has 2 aromatic carbocycles. The summed E-state index contributed by atoms with van der Waals surface area (Å²) >= 11 is 0. The number of carbonyl (C=O) groups excluding carboxylic acids is 2. The largest absolute Gasteiger partial charge is 0.497 e. The van der Waals surface area contributed by atoms with Crippen molar-refractivity contribution in [2.45, 2.75) is 44.7 Å². The van der Waals surface area contributed by atoms with E-state index in [4.69, 9.17) is 9.73 Å². The summed E-state index contributed by atoms with van der Waals surface area (Å²) in [7, 11) is 1.60. The zero-order valence-corrected chi connectivity index (χ0v) is 16.3. The lowest BCUT2D eigenvalue weighted by Gasteiger charge is -2.37. The first-order chi connectivity index (χ1) is 13.5. The SMILES string of the molecule is COc1ccc(C2=NC3(CCCCC3)N(C(=O)c3ccc(C)cc3)C2=O)cc1. The Labute approximate surface area is 165 Å². The van der Waals surface area contributed by atoms with Crippen molar-refractivity contribution in [1.29, 1.82) is 0 Å². The molecule has 2 aliphatic rings. The average Bonchev–Trinajstić information content (AvgIpc) is 3.00. The van der Waals surface area contributed by atoms with Gasteiger partial charge in [-0.05, 0) is 69.0 Å². The van der Waals surface area contributed by atoms with Gasteiger partial charge in [0.2, 0.25) is 0 Å². The number of methoxy groups -OCH3 is 1. The van der Waals surface area contributed by atoms with Crippen molar-refractivity contribution in [2.75, 3.05) is 7.11 Å². The lowest BCUT2D eigenvalue weighted by Crippen LogP contribution is -2.51. The summed E-state index contributed by atoms with van der Waals surface area (Å²) in [5.41, 5.74) is 1.92. The molecule has 0 bridgehead atoms. The predicted octanol–water partition coefficient (Wildman–Crippen LogP) is 4.14. The Bertz CT molecular complexity index is 923. The fraction of sp³-hybridized carbons (Fsp3) is 0.348. The number of aryl methyl sites for hydroxylation is 1. The van der Waals surface area contributed by atoms with Crippen LogP contribution >= 0.6 is 0 Å². The highest BCUT2D eigenvalue weighted by molar-refractivity contribution is 6.49. The number of ether oxygens (including phenoxy) is 1. The van der Waals surface area contributed by atoms with Crippen LogP contribution in [0.5, 0.6) is 5.75 Å². The summed E-state index contributed by atoms with van der Waals surface area (Å²) < 4.78 is 5.21. The maximum absolute atomic E-state index is 13.4. The first-order valence-corrected chi connectivity index (χ1v) is 9.74. The molecule has 4 rings (SSSR count). The molecule has 0 saturated heterocycles. The molecule has 0 radical (unpaired) electrons. The molecule has 0 N–H and O–H groups in total. The molecular formula is C23H24N2O3. The summed E-state index contributed by atoms with van der Waals surface area (Å²) in [4.78, 5) is 33.0. The quantitative estimate of drug-likeness (QED) is 0.757. The Kier molecular flexibility index (Phi) is 4.75. The maximum Gasteiger partial charge on any atom is 0.281 e. The molecule has 1 heterocycles. The van der Waals surface area contributed by atoms with Crippen molar-refractivity contribution in [3.8, 4) is 5.75 Å². The van der Waals surface area contributed by atoms with E-state index < -0.39 is 5.66 Å². The predicted molar refractivity (Wildman–Crippen MR) is 108 cm³/mol. The molecule has 0 unspecified atom stereocenters. The summed E-state index contributed by atoms with van der Waals surface area (Å²) in [5.74, 6) is 0.145. The third kappa shape index (κ3) is 3.11. The van der Waals surface area contributed by atoms with E-state index in [1.165, 1.54) is 4.90 Å². The van der Waals surface area contributed by atoms with E-state index in [0.717, 1.165) is 49.0 Å². The van der Waals surface area contributed by atoms with Gasteiger partial charge in [0, 0.05) is 11.1 Å². The molecule has 2 aromatic rings. The molecule has 0 aromatic heterocycles. The number of aliphatic imine (C=N–C) groups is 1. The molecule has 2 amide bonds. The van der Waals surface area contributed by atoms with Crippen molar-refractivity contribution in [3.05, 3.63) is 65.2 Å². The maximum atomic E-state index is 13.4. The Morgan fingerprint density at radius 1 is 1.00 bits per heavy atom. The minimum Gasteiger partial charge on any atom is -0.497 e. The Morgan fingerprint density at radius 2 is 1.64 bits per heavy atom. The molecular weight excluding hydrogens is 352 g/mol. The van der Waals surface area contributed by atoms with Crippen molar-refractivity contribution < 1.29 is 14.3 Å². The monoisotopic (exact) mass is 376 g/mol. The smallest absolute Gasteiger partial charge is 0.281 e. The number of rotatable bonds is 3. The van der Waals surface area contributed by atoms with Gasteiger partial charge in [-0.3, -0.25) is 14.6 Å². The van der Waals surface area contributed by atoms with Crippen LogP contribution in [0.3, 0.4) is 0 Å². The van der Waals surface area contributed by atoms with Gasteiger partial charge in [0.25, 0.3) is 11.8 Å². The van der Waals surface area contributed by atoms with Crippen LogP contribution in [0.25, 0.3) is 0 Å². The van der Waals surface area contributed by atoms with E-state index in [1.54, 1.807) is 19.2 Å². The van der Waals surface area contributed by atoms with E-state index in [2.05, 4.69) is 0 Å². The second-order valence-electron chi connectivity index (χ2n) is 7.54. The molecule has 1 fully saturated rings. The Morgan fingerprint density at radius 3 is 2.25 bits per heavy atom. The van der Waals surface area contributed by atoms with Gasteiger partial charge in [0.1, 0.15) is 17.1 Å². The van der Waals surface area contributed by atoms with E-state index in [1.807, 2.05) is 43.3 Å². The number of hydrogen-bond donors (Lipinski definition) is 0. The second kappa shape index (κ2) is 7.23. The number of carbonyl (C=O) groups is 2. The van der Waals surface area contributed by atoms with Crippen LogP contribution in [0.1, 0.15) is 53.6 Å². The minimum atomic E-state index is -0.757. The van der Waals surface area contributed by atoms with Crippen LogP contribution in [0.2, 0.25) is 0 Å². The lowest BCUT2D eigenvalue weighted by molar-refractivity contribution is -0.125. The lowest BCUT2D eigenvalue weighted by atomic mass is 9.88. The number of nitrogens with zero attached hydrogens (tertiary/aromatic N) is 2. The van der Waals surface area contributed by atoms with Gasteiger partial charge in [-0.25, -0.2) is 4.90 Å². The van der Waals surface area contributed by atoms with Crippen molar-refractivity contribution in [1.82, 2.24) is 4.90 Å². The summed E-state index contributed by atoms with van der Waals surface area (Å²) in [6.45, 7) is 1.97. The first kappa shape index (κ1) is 18.4. The van der Waals surface area contributed by atoms with Crippen LogP contribution in [0, 0.1) is 6.92 Å². The molecule has 28 heavy (non-hydrogen) atoms. The average molecular weight is 376 g/mol. The molecule has 1 spiro atoms. The number of benzene rings is 2. The zero-order chi connectivity index (χ0) is 19.7. The van der Waals surface area contributed by atoms with Crippen molar-refractivity contribution in [3.63, 3.8) is 0 Å². The van der Waals surface area contributed by atoms with Gasteiger partial charge >= 0.3 is 0 Å². The van der Waals surface area contributed by atoms with Crippen LogP contribution in [0.15, 0.2) is 53.5 Å². The zero-order valence-electron chi connectivity index (χ0n) is 16.3. The molecule has 0 atom stereocenters. The Hall–Kier alpha value is -2.95. The van der Waals surface area contributed by atoms with Gasteiger partial charge < -0.3 is 4.74 Å². The van der Waals surface area contributed by atoms with E-state index in [9.17, 15) is 9.59 Å². The number of hydrogen-bond acceptors (Lipinski definition) is 4. The molecule has 5 heteroatoms. The molecule has 144 valence electrons. The van der Waals surface area contributed by atoms with Crippen LogP contribution in [-0.2, 0) is 4.79 Å². The van der Waals surface area contributed by atoms with Crippen LogP contribution in [-0.4, -0.2) is 35.2 Å². The third-order valence-electron chi connectivity index (χ3n) is 5.66. The molecule has 1 aliphatic heterocycles. The third-order valence-corrected chi connectivity index (χ3v) is 5.66. The van der Waals surface area contributed by atoms with Gasteiger partial charge in [-0.1, -0.05) is 24.1 Å². The van der Waals surface area contributed by atoms with Crippen LogP contribution < -0.4 is 4.74 Å². The Balaban J connectivity index is 1.74. The van der Waals surface area contributed by atoms with E-state index >= 15 is 0 Å². The standard InChI is InChI=1S/C23H24N2O3/c1-16-6-8-18(9-7-16)21(26)25-22(27)20(17-10-12-19(28-2)13-11-17)24-23(25)14-4-3-5-15-23/h6-13H,3-5,14-15H2,1-2H3. The highest BCUT2D eigenvalue weighted by Crippen LogP contribution is 2.40. The van der Waals surface area contributed by atoms with Gasteiger partial charge in [0.15, 0.2) is 0 Å². The molecule has 1 saturated carbocycles. The van der Waals surface area contributed by atoms with Crippen molar-refractivity contribution >= 4 is 17.5 Å². The van der Waals surface area contributed by atoms with Crippen LogP contribution in [0.4, 0.5) is 0 Å². The van der Waals surface area contributed by atoms with Gasteiger partial charge in [-0.2, -0.15) is 0 Å².